The van der Waals surface area contributed by atoms with Crippen LogP contribution in [0.25, 0.3) is 6.08 Å². The lowest BCUT2D eigenvalue weighted by molar-refractivity contribution is -0.138. The van der Waals surface area contributed by atoms with Gasteiger partial charge in [0.05, 0.1) is 16.8 Å². The maximum absolute atomic E-state index is 11.7. The zero-order valence-corrected chi connectivity index (χ0v) is 11.7. The second-order valence-electron chi connectivity index (χ2n) is 3.65. The minimum absolute atomic E-state index is 0.247. The van der Waals surface area contributed by atoms with Gasteiger partial charge in [-0.15, -0.1) is 0 Å². The topological polar surface area (TPSA) is 35.5 Å². The molecule has 0 fully saturated rings. The van der Waals surface area contributed by atoms with Crippen LogP contribution in [0.15, 0.2) is 23.8 Å². The van der Waals surface area contributed by atoms with Crippen LogP contribution < -0.4 is 4.74 Å². The minimum Gasteiger partial charge on any atom is -0.492 e. The Morgan fingerprint density at radius 3 is 3.12 bits per heavy atom. The highest BCUT2D eigenvalue weighted by Gasteiger charge is 2.17. The summed E-state index contributed by atoms with van der Waals surface area (Å²) in [5.41, 5.74) is 1.62. The number of fused-ring (bicyclic) bond motifs is 1. The van der Waals surface area contributed by atoms with Crippen molar-refractivity contribution < 1.29 is 14.3 Å². The summed E-state index contributed by atoms with van der Waals surface area (Å²) in [7, 11) is 0. The predicted molar refractivity (Wildman–Crippen MR) is 73.9 cm³/mol. The molecule has 0 N–H and O–H groups in total. The summed E-state index contributed by atoms with van der Waals surface area (Å²) in [5.74, 6) is 0.607. The largest absolute Gasteiger partial charge is 0.492 e. The molecule has 0 spiro atoms. The Kier molecular flexibility index (Phi) is 4.04. The highest BCUT2D eigenvalue weighted by Crippen LogP contribution is 2.30. The molecule has 17 heavy (non-hydrogen) atoms. The second kappa shape index (κ2) is 5.53. The van der Waals surface area contributed by atoms with E-state index in [0.717, 1.165) is 14.9 Å². The Labute approximate surface area is 114 Å². The number of ether oxygens (including phenoxy) is 2. The fourth-order valence-corrected chi connectivity index (χ4v) is 2.37. The van der Waals surface area contributed by atoms with E-state index in [-0.39, 0.29) is 5.97 Å². The first-order valence-electron chi connectivity index (χ1n) is 5.51. The molecular weight excluding hydrogens is 331 g/mol. The molecule has 0 aromatic heterocycles. The fraction of sp³-hybridized carbons (Fsp3) is 0.308. The van der Waals surface area contributed by atoms with E-state index in [0.29, 0.717) is 25.2 Å². The number of para-hydroxylation sites is 1. The molecule has 2 rings (SSSR count). The van der Waals surface area contributed by atoms with Gasteiger partial charge in [-0.3, -0.25) is 0 Å². The first-order chi connectivity index (χ1) is 8.22. The molecular formula is C13H13IO3. The van der Waals surface area contributed by atoms with E-state index < -0.39 is 0 Å². The third-order valence-electron chi connectivity index (χ3n) is 2.48. The van der Waals surface area contributed by atoms with Crippen LogP contribution in [0.1, 0.15) is 18.9 Å². The molecule has 0 aliphatic carbocycles. The zero-order chi connectivity index (χ0) is 12.3. The molecule has 0 unspecified atom stereocenters. The van der Waals surface area contributed by atoms with Crippen LogP contribution in [-0.4, -0.2) is 19.2 Å². The molecule has 1 heterocycles. The van der Waals surface area contributed by atoms with Crippen LogP contribution in [0.2, 0.25) is 0 Å². The van der Waals surface area contributed by atoms with Crippen LogP contribution in [-0.2, 0) is 9.53 Å². The van der Waals surface area contributed by atoms with Crippen LogP contribution in [0.3, 0.4) is 0 Å². The summed E-state index contributed by atoms with van der Waals surface area (Å²) >= 11 is 2.23. The van der Waals surface area contributed by atoms with Gasteiger partial charge in [-0.05, 0) is 41.7 Å². The molecule has 0 saturated heterocycles. The molecule has 0 amide bonds. The predicted octanol–water partition coefficient (Wildman–Crippen LogP) is 3.02. The Bertz CT molecular complexity index is 466. The van der Waals surface area contributed by atoms with Crippen molar-refractivity contribution in [3.63, 3.8) is 0 Å². The van der Waals surface area contributed by atoms with E-state index in [1.165, 1.54) is 0 Å². The van der Waals surface area contributed by atoms with Gasteiger partial charge in [0.25, 0.3) is 0 Å². The van der Waals surface area contributed by atoms with E-state index in [2.05, 4.69) is 22.6 Å². The van der Waals surface area contributed by atoms with Crippen LogP contribution in [0.5, 0.6) is 5.75 Å². The number of rotatable bonds is 2. The number of esters is 1. The quantitative estimate of drug-likeness (QED) is 0.611. The number of hydrogen-bond acceptors (Lipinski definition) is 3. The van der Waals surface area contributed by atoms with Crippen LogP contribution in [0.4, 0.5) is 0 Å². The summed E-state index contributed by atoms with van der Waals surface area (Å²) in [6, 6.07) is 5.89. The maximum atomic E-state index is 11.7. The van der Waals surface area contributed by atoms with Gasteiger partial charge in [-0.25, -0.2) is 4.79 Å². The summed E-state index contributed by atoms with van der Waals surface area (Å²) in [4.78, 5) is 11.7. The molecule has 1 aromatic carbocycles. The van der Waals surface area contributed by atoms with Gasteiger partial charge < -0.3 is 9.47 Å². The molecule has 1 aliphatic heterocycles. The number of halogens is 1. The molecule has 4 heteroatoms. The van der Waals surface area contributed by atoms with Crippen molar-refractivity contribution in [2.45, 2.75) is 13.3 Å². The minimum atomic E-state index is -0.247. The highest BCUT2D eigenvalue weighted by molar-refractivity contribution is 14.1. The van der Waals surface area contributed by atoms with E-state index >= 15 is 0 Å². The Morgan fingerprint density at radius 2 is 2.35 bits per heavy atom. The van der Waals surface area contributed by atoms with Crippen molar-refractivity contribution >= 4 is 34.6 Å². The Balaban J connectivity index is 2.35. The van der Waals surface area contributed by atoms with Crippen molar-refractivity contribution in [1.29, 1.82) is 0 Å². The maximum Gasteiger partial charge on any atom is 0.334 e. The highest BCUT2D eigenvalue weighted by atomic mass is 127. The molecule has 0 radical (unpaired) electrons. The van der Waals surface area contributed by atoms with Gasteiger partial charge >= 0.3 is 5.97 Å². The average molecular weight is 344 g/mol. The standard InChI is InChI=1S/C13H13IO3/c1-2-16-13(15)10-6-7-17-12-9(8-10)4-3-5-11(12)14/h3-5,8H,2,6-7H2,1H3. The van der Waals surface area contributed by atoms with E-state index in [1.807, 2.05) is 31.2 Å². The summed E-state index contributed by atoms with van der Waals surface area (Å²) in [5, 5.41) is 0. The molecule has 0 atom stereocenters. The Morgan fingerprint density at radius 1 is 1.53 bits per heavy atom. The lowest BCUT2D eigenvalue weighted by Gasteiger charge is -2.07. The molecule has 1 aromatic rings. The molecule has 0 saturated carbocycles. The van der Waals surface area contributed by atoms with E-state index in [9.17, 15) is 4.79 Å². The lowest BCUT2D eigenvalue weighted by Crippen LogP contribution is -2.09. The SMILES string of the molecule is CCOC(=O)C1=Cc2cccc(I)c2OCC1. The van der Waals surface area contributed by atoms with E-state index in [4.69, 9.17) is 9.47 Å². The summed E-state index contributed by atoms with van der Waals surface area (Å²) < 4.78 is 11.7. The van der Waals surface area contributed by atoms with Crippen molar-refractivity contribution in [1.82, 2.24) is 0 Å². The molecule has 1 aliphatic rings. The lowest BCUT2D eigenvalue weighted by atomic mass is 10.1. The number of hydrogen-bond donors (Lipinski definition) is 0. The first-order valence-corrected chi connectivity index (χ1v) is 6.59. The molecule has 0 bridgehead atoms. The normalized spacial score (nSPS) is 14.1. The fourth-order valence-electron chi connectivity index (χ4n) is 1.70. The molecule has 3 nitrogen and oxygen atoms in total. The number of benzene rings is 1. The van der Waals surface area contributed by atoms with Gasteiger partial charge in [0, 0.05) is 17.6 Å². The zero-order valence-electron chi connectivity index (χ0n) is 9.53. The van der Waals surface area contributed by atoms with Crippen molar-refractivity contribution in [2.24, 2.45) is 0 Å². The van der Waals surface area contributed by atoms with Crippen molar-refractivity contribution in [2.75, 3.05) is 13.2 Å². The van der Waals surface area contributed by atoms with Gasteiger partial charge in [0.1, 0.15) is 5.75 Å². The van der Waals surface area contributed by atoms with Crippen molar-refractivity contribution in [3.05, 3.63) is 32.9 Å². The van der Waals surface area contributed by atoms with Gasteiger partial charge in [0.15, 0.2) is 0 Å². The van der Waals surface area contributed by atoms with Gasteiger partial charge in [-0.1, -0.05) is 12.1 Å². The average Bonchev–Trinajstić information content (AvgIpc) is 2.52. The first kappa shape index (κ1) is 12.4. The van der Waals surface area contributed by atoms with Crippen LogP contribution in [0, 0.1) is 3.57 Å². The number of carbonyl (C=O) groups is 1. The molecule has 90 valence electrons. The Hall–Kier alpha value is -1.04. The third kappa shape index (κ3) is 2.80. The van der Waals surface area contributed by atoms with Gasteiger partial charge in [0.2, 0.25) is 0 Å². The number of carbonyl (C=O) groups excluding carboxylic acids is 1. The smallest absolute Gasteiger partial charge is 0.334 e. The second-order valence-corrected chi connectivity index (χ2v) is 4.81. The van der Waals surface area contributed by atoms with Crippen molar-refractivity contribution in [3.8, 4) is 5.75 Å². The van der Waals surface area contributed by atoms with E-state index in [1.54, 1.807) is 0 Å². The summed E-state index contributed by atoms with van der Waals surface area (Å²) in [6.45, 7) is 2.72. The van der Waals surface area contributed by atoms with Crippen LogP contribution >= 0.6 is 22.6 Å². The third-order valence-corrected chi connectivity index (χ3v) is 3.33. The van der Waals surface area contributed by atoms with Gasteiger partial charge in [-0.2, -0.15) is 0 Å². The summed E-state index contributed by atoms with van der Waals surface area (Å²) in [6.07, 6.45) is 2.45. The monoisotopic (exact) mass is 344 g/mol.